The SMILES string of the molecule is CCCN(CC(N)=S)S(=O)(=O)Cc1ccccc1Cl. The Morgan fingerprint density at radius 3 is 2.58 bits per heavy atom. The minimum absolute atomic E-state index is 0.0654. The fraction of sp³-hybridized carbons (Fsp3) is 0.417. The predicted octanol–water partition coefficient (Wildman–Crippen LogP) is 2.17. The second-order valence-corrected chi connectivity index (χ2v) is 7.05. The minimum Gasteiger partial charge on any atom is -0.392 e. The quantitative estimate of drug-likeness (QED) is 0.782. The van der Waals surface area contributed by atoms with Crippen LogP contribution in [0.2, 0.25) is 5.02 Å². The summed E-state index contributed by atoms with van der Waals surface area (Å²) < 4.78 is 26.0. The lowest BCUT2D eigenvalue weighted by Gasteiger charge is -2.21. The predicted molar refractivity (Wildman–Crippen MR) is 82.7 cm³/mol. The third-order valence-electron chi connectivity index (χ3n) is 2.49. The molecule has 7 heteroatoms. The maximum absolute atomic E-state index is 12.3. The van der Waals surface area contributed by atoms with Gasteiger partial charge in [0.2, 0.25) is 10.0 Å². The summed E-state index contributed by atoms with van der Waals surface area (Å²) in [6, 6.07) is 6.89. The first kappa shape index (κ1) is 16.4. The normalized spacial score (nSPS) is 11.7. The van der Waals surface area contributed by atoms with Crippen molar-refractivity contribution >= 4 is 38.8 Å². The Morgan fingerprint density at radius 2 is 2.05 bits per heavy atom. The summed E-state index contributed by atoms with van der Waals surface area (Å²) in [6.45, 7) is 2.36. The van der Waals surface area contributed by atoms with Gasteiger partial charge in [0.15, 0.2) is 0 Å². The highest BCUT2D eigenvalue weighted by molar-refractivity contribution is 7.88. The van der Waals surface area contributed by atoms with Crippen molar-refractivity contribution in [3.8, 4) is 0 Å². The number of hydrogen-bond acceptors (Lipinski definition) is 3. The fourth-order valence-electron chi connectivity index (χ4n) is 1.64. The minimum atomic E-state index is -3.47. The zero-order chi connectivity index (χ0) is 14.5. The van der Waals surface area contributed by atoms with Gasteiger partial charge in [0.1, 0.15) is 0 Å². The second kappa shape index (κ2) is 7.19. The molecule has 1 aromatic carbocycles. The molecule has 0 aliphatic carbocycles. The first-order valence-corrected chi connectivity index (χ1v) is 8.26. The lowest BCUT2D eigenvalue weighted by atomic mass is 10.2. The molecule has 0 amide bonds. The van der Waals surface area contributed by atoms with E-state index < -0.39 is 10.0 Å². The van der Waals surface area contributed by atoms with Gasteiger partial charge < -0.3 is 5.73 Å². The van der Waals surface area contributed by atoms with E-state index in [1.165, 1.54) is 4.31 Å². The number of nitrogens with two attached hydrogens (primary N) is 1. The molecular weight excluding hydrogens is 304 g/mol. The van der Waals surface area contributed by atoms with E-state index in [9.17, 15) is 8.42 Å². The zero-order valence-corrected chi connectivity index (χ0v) is 13.1. The van der Waals surface area contributed by atoms with Crippen LogP contribution in [-0.2, 0) is 15.8 Å². The van der Waals surface area contributed by atoms with Crippen LogP contribution >= 0.6 is 23.8 Å². The standard InChI is InChI=1S/C12H17ClN2O2S2/c1-2-7-15(8-12(14)18)19(16,17)9-10-5-3-4-6-11(10)13/h3-6H,2,7-9H2,1H3,(H2,14,18). The van der Waals surface area contributed by atoms with Gasteiger partial charge in [-0.15, -0.1) is 0 Å². The summed E-state index contributed by atoms with van der Waals surface area (Å²) in [5, 5.41) is 0.442. The molecule has 0 saturated heterocycles. The van der Waals surface area contributed by atoms with Crippen LogP contribution in [0.15, 0.2) is 24.3 Å². The average molecular weight is 321 g/mol. The van der Waals surface area contributed by atoms with Crippen LogP contribution in [0.3, 0.4) is 0 Å². The smallest absolute Gasteiger partial charge is 0.218 e. The van der Waals surface area contributed by atoms with Crippen LogP contribution in [-0.4, -0.2) is 30.8 Å². The highest BCUT2D eigenvalue weighted by Crippen LogP contribution is 2.19. The Labute approximate surface area is 124 Å². The van der Waals surface area contributed by atoms with E-state index in [2.05, 4.69) is 0 Å². The van der Waals surface area contributed by atoms with E-state index in [4.69, 9.17) is 29.6 Å². The van der Waals surface area contributed by atoms with Crippen molar-refractivity contribution in [3.63, 3.8) is 0 Å². The topological polar surface area (TPSA) is 63.4 Å². The van der Waals surface area contributed by atoms with Gasteiger partial charge >= 0.3 is 0 Å². The highest BCUT2D eigenvalue weighted by atomic mass is 35.5. The first-order chi connectivity index (χ1) is 8.86. The van der Waals surface area contributed by atoms with Gasteiger partial charge in [-0.3, -0.25) is 0 Å². The summed E-state index contributed by atoms with van der Waals surface area (Å²) in [5.74, 6) is -0.144. The molecule has 0 saturated carbocycles. The Balaban J connectivity index is 2.94. The second-order valence-electron chi connectivity index (χ2n) is 4.15. The molecule has 0 fully saturated rings. The molecule has 0 radical (unpaired) electrons. The van der Waals surface area contributed by atoms with Gasteiger partial charge in [-0.05, 0) is 18.1 Å². The van der Waals surface area contributed by atoms with Gasteiger partial charge in [-0.2, -0.15) is 4.31 Å². The van der Waals surface area contributed by atoms with Crippen LogP contribution < -0.4 is 5.73 Å². The first-order valence-electron chi connectivity index (χ1n) is 5.86. The van der Waals surface area contributed by atoms with E-state index in [-0.39, 0.29) is 17.3 Å². The van der Waals surface area contributed by atoms with Crippen molar-refractivity contribution in [2.45, 2.75) is 19.1 Å². The number of benzene rings is 1. The monoisotopic (exact) mass is 320 g/mol. The molecule has 106 valence electrons. The number of sulfonamides is 1. The van der Waals surface area contributed by atoms with Gasteiger partial charge in [0.25, 0.3) is 0 Å². The van der Waals surface area contributed by atoms with Crippen molar-refractivity contribution in [3.05, 3.63) is 34.9 Å². The lowest BCUT2D eigenvalue weighted by Crippen LogP contribution is -2.38. The van der Waals surface area contributed by atoms with Crippen LogP contribution in [0.5, 0.6) is 0 Å². The van der Waals surface area contributed by atoms with Crippen LogP contribution in [0.4, 0.5) is 0 Å². The Kier molecular flexibility index (Phi) is 6.19. The van der Waals surface area contributed by atoms with Crippen molar-refractivity contribution in [1.29, 1.82) is 0 Å². The maximum Gasteiger partial charge on any atom is 0.218 e. The molecular formula is C12H17ClN2O2S2. The molecule has 0 aliphatic heterocycles. The highest BCUT2D eigenvalue weighted by Gasteiger charge is 2.23. The molecule has 1 aromatic rings. The van der Waals surface area contributed by atoms with Gasteiger partial charge in [0.05, 0.1) is 17.3 Å². The molecule has 0 aliphatic rings. The summed E-state index contributed by atoms with van der Waals surface area (Å²) in [5.41, 5.74) is 6.02. The number of thiocarbonyl (C=S) groups is 1. The zero-order valence-electron chi connectivity index (χ0n) is 10.7. The third kappa shape index (κ3) is 5.06. The van der Waals surface area contributed by atoms with Crippen molar-refractivity contribution in [2.75, 3.05) is 13.1 Å². The van der Waals surface area contributed by atoms with E-state index in [1.807, 2.05) is 6.92 Å². The van der Waals surface area contributed by atoms with Gasteiger partial charge in [-0.1, -0.05) is 48.9 Å². The van der Waals surface area contributed by atoms with Crippen molar-refractivity contribution < 1.29 is 8.42 Å². The molecule has 0 spiro atoms. The summed E-state index contributed by atoms with van der Waals surface area (Å²) >= 11 is 10.8. The largest absolute Gasteiger partial charge is 0.392 e. The average Bonchev–Trinajstić information content (AvgIpc) is 2.31. The van der Waals surface area contributed by atoms with E-state index in [0.29, 0.717) is 23.6 Å². The molecule has 1 rings (SSSR count). The molecule has 0 aromatic heterocycles. The van der Waals surface area contributed by atoms with Crippen LogP contribution in [0.1, 0.15) is 18.9 Å². The molecule has 0 heterocycles. The van der Waals surface area contributed by atoms with Crippen molar-refractivity contribution in [1.82, 2.24) is 4.31 Å². The van der Waals surface area contributed by atoms with Crippen LogP contribution in [0, 0.1) is 0 Å². The molecule has 0 unspecified atom stereocenters. The van der Waals surface area contributed by atoms with E-state index >= 15 is 0 Å². The third-order valence-corrected chi connectivity index (χ3v) is 4.77. The Hall–Kier alpha value is -0.690. The number of rotatable bonds is 7. The van der Waals surface area contributed by atoms with E-state index in [0.717, 1.165) is 0 Å². The number of halogens is 1. The van der Waals surface area contributed by atoms with Gasteiger partial charge in [-0.25, -0.2) is 8.42 Å². The molecule has 2 N–H and O–H groups in total. The van der Waals surface area contributed by atoms with Gasteiger partial charge in [0, 0.05) is 11.6 Å². The van der Waals surface area contributed by atoms with Crippen molar-refractivity contribution in [2.24, 2.45) is 5.73 Å². The Bertz CT molecular complexity index is 546. The van der Waals surface area contributed by atoms with Crippen LogP contribution in [0.25, 0.3) is 0 Å². The molecule has 0 atom stereocenters. The molecule has 0 bridgehead atoms. The van der Waals surface area contributed by atoms with E-state index in [1.54, 1.807) is 24.3 Å². The summed E-state index contributed by atoms with van der Waals surface area (Å²) in [6.07, 6.45) is 0.699. The molecule has 4 nitrogen and oxygen atoms in total. The fourth-order valence-corrected chi connectivity index (χ4v) is 3.79. The summed E-state index contributed by atoms with van der Waals surface area (Å²) in [4.78, 5) is 0.163. The lowest BCUT2D eigenvalue weighted by molar-refractivity contribution is 0.449. The summed E-state index contributed by atoms with van der Waals surface area (Å²) in [7, 11) is -3.47. The number of hydrogen-bond donors (Lipinski definition) is 1. The molecule has 19 heavy (non-hydrogen) atoms. The Morgan fingerprint density at radius 1 is 1.42 bits per heavy atom. The maximum atomic E-state index is 12.3. The number of nitrogens with zero attached hydrogens (tertiary/aromatic N) is 1.